The number of amides is 1. The van der Waals surface area contributed by atoms with Gasteiger partial charge in [-0.1, -0.05) is 31.4 Å². The van der Waals surface area contributed by atoms with Gasteiger partial charge < -0.3 is 15.4 Å². The van der Waals surface area contributed by atoms with Crippen LogP contribution in [-0.4, -0.2) is 61.9 Å². The van der Waals surface area contributed by atoms with Gasteiger partial charge in [0, 0.05) is 41.4 Å². The van der Waals surface area contributed by atoms with Crippen molar-refractivity contribution < 1.29 is 9.53 Å². The van der Waals surface area contributed by atoms with Crippen molar-refractivity contribution in [3.63, 3.8) is 0 Å². The minimum absolute atomic E-state index is 0.00907. The van der Waals surface area contributed by atoms with Crippen LogP contribution in [0.3, 0.4) is 0 Å². The van der Waals surface area contributed by atoms with Crippen molar-refractivity contribution in [3.05, 3.63) is 54.0 Å². The standard InChI is InChI=1S/C26H29N7O2/c27-25-24-20(22-15-21(30-31-22)17-5-2-1-3-6-17)14-23(33(24)29-16-28-25)18-7-4-8-19(13-18)26(34)32-9-11-35-12-10-32/h4,7-8,13-17H,1-3,5-6,9-12H2,(H,30,31)(H2,27,28,29). The minimum atomic E-state index is 0.00907. The Morgan fingerprint density at radius 1 is 1.09 bits per heavy atom. The number of carbonyl (C=O) groups excluding carboxylic acids is 1. The molecule has 9 nitrogen and oxygen atoms in total. The van der Waals surface area contributed by atoms with Crippen LogP contribution in [0.15, 0.2) is 42.7 Å². The fourth-order valence-electron chi connectivity index (χ4n) is 5.33. The fourth-order valence-corrected chi connectivity index (χ4v) is 5.33. The third-order valence-electron chi connectivity index (χ3n) is 7.20. The number of benzene rings is 1. The van der Waals surface area contributed by atoms with Crippen molar-refractivity contribution in [3.8, 4) is 22.5 Å². The van der Waals surface area contributed by atoms with Gasteiger partial charge in [0.05, 0.1) is 24.6 Å². The summed E-state index contributed by atoms with van der Waals surface area (Å²) in [6.07, 6.45) is 7.68. The number of nitrogens with one attached hydrogen (secondary N) is 1. The van der Waals surface area contributed by atoms with E-state index in [0.29, 0.717) is 49.1 Å². The third kappa shape index (κ3) is 4.05. The number of aromatic amines is 1. The van der Waals surface area contributed by atoms with Crippen LogP contribution in [0.25, 0.3) is 28.0 Å². The molecule has 1 aromatic carbocycles. The number of ether oxygens (including phenoxy) is 1. The maximum absolute atomic E-state index is 13.1. The van der Waals surface area contributed by atoms with Gasteiger partial charge in [0.25, 0.3) is 5.91 Å². The summed E-state index contributed by atoms with van der Waals surface area (Å²) >= 11 is 0. The topological polar surface area (TPSA) is 114 Å². The molecule has 0 spiro atoms. The predicted octanol–water partition coefficient (Wildman–Crippen LogP) is 3.89. The van der Waals surface area contributed by atoms with Crippen LogP contribution in [-0.2, 0) is 4.74 Å². The van der Waals surface area contributed by atoms with E-state index < -0.39 is 0 Å². The Labute approximate surface area is 203 Å². The van der Waals surface area contributed by atoms with Crippen LogP contribution in [0.5, 0.6) is 0 Å². The lowest BCUT2D eigenvalue weighted by atomic mass is 9.87. The molecule has 1 aliphatic carbocycles. The van der Waals surface area contributed by atoms with E-state index in [1.165, 1.54) is 44.1 Å². The Bertz CT molecular complexity index is 1360. The van der Waals surface area contributed by atoms with Gasteiger partial charge in [-0.25, -0.2) is 9.50 Å². The molecule has 6 rings (SSSR count). The SMILES string of the molecule is Nc1ncnn2c(-c3cccc(C(=O)N4CCOCC4)c3)cc(-c3cc(C4CCCCC4)[nH]n3)c12. The Morgan fingerprint density at radius 3 is 2.74 bits per heavy atom. The predicted molar refractivity (Wildman–Crippen MR) is 133 cm³/mol. The molecule has 1 aliphatic heterocycles. The monoisotopic (exact) mass is 471 g/mol. The first kappa shape index (κ1) is 21.8. The van der Waals surface area contributed by atoms with E-state index in [0.717, 1.165) is 22.5 Å². The van der Waals surface area contributed by atoms with Crippen molar-refractivity contribution in [1.82, 2.24) is 29.7 Å². The zero-order valence-corrected chi connectivity index (χ0v) is 19.6. The van der Waals surface area contributed by atoms with Gasteiger partial charge in [-0.3, -0.25) is 9.89 Å². The fraction of sp³-hybridized carbons (Fsp3) is 0.385. The zero-order chi connectivity index (χ0) is 23.8. The summed E-state index contributed by atoms with van der Waals surface area (Å²) in [6.45, 7) is 2.35. The van der Waals surface area contributed by atoms with Crippen molar-refractivity contribution in [2.75, 3.05) is 32.0 Å². The number of nitrogen functional groups attached to an aromatic ring is 1. The third-order valence-corrected chi connectivity index (χ3v) is 7.20. The molecule has 2 fully saturated rings. The number of hydrogen-bond acceptors (Lipinski definition) is 6. The molecule has 4 heterocycles. The molecule has 180 valence electrons. The average molecular weight is 472 g/mol. The smallest absolute Gasteiger partial charge is 0.254 e. The number of fused-ring (bicyclic) bond motifs is 1. The average Bonchev–Trinajstić information content (AvgIpc) is 3.56. The van der Waals surface area contributed by atoms with Gasteiger partial charge in [0.1, 0.15) is 11.8 Å². The van der Waals surface area contributed by atoms with E-state index in [-0.39, 0.29) is 5.91 Å². The van der Waals surface area contributed by atoms with Gasteiger partial charge >= 0.3 is 0 Å². The maximum atomic E-state index is 13.1. The molecular weight excluding hydrogens is 442 g/mol. The number of nitrogens with zero attached hydrogens (tertiary/aromatic N) is 5. The van der Waals surface area contributed by atoms with Crippen LogP contribution in [0, 0.1) is 0 Å². The number of carbonyl (C=O) groups is 1. The molecule has 0 atom stereocenters. The second-order valence-electron chi connectivity index (χ2n) is 9.38. The van der Waals surface area contributed by atoms with Crippen LogP contribution in [0.2, 0.25) is 0 Å². The van der Waals surface area contributed by atoms with Crippen molar-refractivity contribution in [2.24, 2.45) is 0 Å². The van der Waals surface area contributed by atoms with Gasteiger partial charge in [-0.15, -0.1) is 0 Å². The number of anilines is 1. The van der Waals surface area contributed by atoms with E-state index in [9.17, 15) is 4.79 Å². The Morgan fingerprint density at radius 2 is 1.91 bits per heavy atom. The maximum Gasteiger partial charge on any atom is 0.254 e. The molecular formula is C26H29N7O2. The number of morpholine rings is 1. The second-order valence-corrected chi connectivity index (χ2v) is 9.38. The molecule has 9 heteroatoms. The van der Waals surface area contributed by atoms with E-state index in [4.69, 9.17) is 10.5 Å². The lowest BCUT2D eigenvalue weighted by molar-refractivity contribution is 0.0303. The molecule has 2 aliphatic rings. The number of aromatic nitrogens is 5. The summed E-state index contributed by atoms with van der Waals surface area (Å²) in [5.41, 5.74) is 12.3. The van der Waals surface area contributed by atoms with E-state index >= 15 is 0 Å². The Hall–Kier alpha value is -3.72. The molecule has 1 saturated heterocycles. The molecule has 35 heavy (non-hydrogen) atoms. The van der Waals surface area contributed by atoms with Gasteiger partial charge in [0.15, 0.2) is 5.82 Å². The summed E-state index contributed by atoms with van der Waals surface area (Å²) in [5, 5.41) is 12.4. The van der Waals surface area contributed by atoms with E-state index in [1.807, 2.05) is 35.2 Å². The number of nitrogens with two attached hydrogens (primary N) is 1. The normalized spacial score (nSPS) is 17.2. The minimum Gasteiger partial charge on any atom is -0.382 e. The molecule has 4 aromatic rings. The molecule has 1 saturated carbocycles. The van der Waals surface area contributed by atoms with E-state index in [2.05, 4.69) is 26.3 Å². The number of H-pyrrole nitrogens is 1. The molecule has 3 aromatic heterocycles. The molecule has 0 unspecified atom stereocenters. The lowest BCUT2D eigenvalue weighted by Gasteiger charge is -2.27. The quantitative estimate of drug-likeness (QED) is 0.467. The summed E-state index contributed by atoms with van der Waals surface area (Å²) in [6, 6.07) is 11.8. The summed E-state index contributed by atoms with van der Waals surface area (Å²) < 4.78 is 7.19. The lowest BCUT2D eigenvalue weighted by Crippen LogP contribution is -2.40. The largest absolute Gasteiger partial charge is 0.382 e. The first-order valence-corrected chi connectivity index (χ1v) is 12.3. The summed E-state index contributed by atoms with van der Waals surface area (Å²) in [7, 11) is 0. The summed E-state index contributed by atoms with van der Waals surface area (Å²) in [5.74, 6) is 0.925. The first-order valence-electron chi connectivity index (χ1n) is 12.3. The van der Waals surface area contributed by atoms with Gasteiger partial charge in [0.2, 0.25) is 0 Å². The highest BCUT2D eigenvalue weighted by atomic mass is 16.5. The Balaban J connectivity index is 1.40. The second kappa shape index (κ2) is 9.14. The highest BCUT2D eigenvalue weighted by molar-refractivity contribution is 5.96. The zero-order valence-electron chi connectivity index (χ0n) is 19.6. The number of rotatable bonds is 4. The molecule has 0 bridgehead atoms. The van der Waals surface area contributed by atoms with Gasteiger partial charge in [-0.2, -0.15) is 10.2 Å². The van der Waals surface area contributed by atoms with Crippen LogP contribution < -0.4 is 5.73 Å². The van der Waals surface area contributed by atoms with Crippen molar-refractivity contribution in [2.45, 2.75) is 38.0 Å². The van der Waals surface area contributed by atoms with E-state index in [1.54, 1.807) is 4.52 Å². The van der Waals surface area contributed by atoms with Crippen LogP contribution >= 0.6 is 0 Å². The highest BCUT2D eigenvalue weighted by Crippen LogP contribution is 2.37. The first-order chi connectivity index (χ1) is 17.2. The summed E-state index contributed by atoms with van der Waals surface area (Å²) in [4.78, 5) is 19.2. The van der Waals surface area contributed by atoms with Crippen molar-refractivity contribution >= 4 is 17.2 Å². The molecule has 0 radical (unpaired) electrons. The van der Waals surface area contributed by atoms with Crippen molar-refractivity contribution in [1.29, 1.82) is 0 Å². The highest BCUT2D eigenvalue weighted by Gasteiger charge is 2.23. The number of hydrogen-bond donors (Lipinski definition) is 2. The van der Waals surface area contributed by atoms with Crippen LogP contribution in [0.1, 0.15) is 54.1 Å². The molecule has 3 N–H and O–H groups in total. The van der Waals surface area contributed by atoms with Crippen LogP contribution in [0.4, 0.5) is 5.82 Å². The molecule has 1 amide bonds. The Kier molecular flexibility index (Phi) is 5.69. The van der Waals surface area contributed by atoms with Gasteiger partial charge in [-0.05, 0) is 37.1 Å².